The number of nitrogens with one attached hydrogen (secondary N) is 1. The van der Waals surface area contributed by atoms with Crippen molar-refractivity contribution in [3.8, 4) is 0 Å². The smallest absolute Gasteiger partial charge is 0.0738 e. The molecule has 2 aromatic carbocycles. The molecule has 0 bridgehead atoms. The van der Waals surface area contributed by atoms with E-state index in [4.69, 9.17) is 11.6 Å². The molecule has 1 heterocycles. The number of anilines is 1. The molecule has 1 aromatic heterocycles. The third-order valence-electron chi connectivity index (χ3n) is 4.38. The van der Waals surface area contributed by atoms with Gasteiger partial charge in [0.2, 0.25) is 0 Å². The molecule has 0 unspecified atom stereocenters. The van der Waals surface area contributed by atoms with Crippen molar-refractivity contribution in [2.45, 2.75) is 20.4 Å². The molecule has 1 N–H and O–H groups in total. The number of rotatable bonds is 7. The van der Waals surface area contributed by atoms with Crippen molar-refractivity contribution in [3.05, 3.63) is 70.9 Å². The first kappa shape index (κ1) is 18.4. The van der Waals surface area contributed by atoms with Gasteiger partial charge in [0.25, 0.3) is 0 Å². The van der Waals surface area contributed by atoms with E-state index in [0.717, 1.165) is 41.8 Å². The van der Waals surface area contributed by atoms with Crippen LogP contribution in [-0.2, 0) is 6.54 Å². The lowest BCUT2D eigenvalue weighted by atomic mass is 10.1. The van der Waals surface area contributed by atoms with Gasteiger partial charge in [-0.2, -0.15) is 5.10 Å². The first-order chi connectivity index (χ1) is 12.7. The fraction of sp³-hybridized carbons (Fsp3) is 0.238. The zero-order valence-electron chi connectivity index (χ0n) is 15.1. The average Bonchev–Trinajstić information content (AvgIpc) is 2.67. The number of halogens is 1. The number of fused-ring (bicyclic) bond motifs is 1. The molecule has 0 fully saturated rings. The Balaban J connectivity index is 1.67. The van der Waals surface area contributed by atoms with Crippen molar-refractivity contribution in [1.82, 2.24) is 9.88 Å². The molecule has 3 rings (SSSR count). The zero-order chi connectivity index (χ0) is 18.4. The summed E-state index contributed by atoms with van der Waals surface area (Å²) in [6.45, 7) is 7.48. The van der Waals surface area contributed by atoms with Gasteiger partial charge < -0.3 is 0 Å². The molecule has 0 radical (unpaired) electrons. The number of hydrogen-bond donors (Lipinski definition) is 1. The van der Waals surface area contributed by atoms with Crippen molar-refractivity contribution in [3.63, 3.8) is 0 Å². The van der Waals surface area contributed by atoms with E-state index in [1.807, 2.05) is 30.5 Å². The first-order valence-corrected chi connectivity index (χ1v) is 9.22. The van der Waals surface area contributed by atoms with Crippen LogP contribution < -0.4 is 5.43 Å². The lowest BCUT2D eigenvalue weighted by molar-refractivity contribution is 0.296. The summed E-state index contributed by atoms with van der Waals surface area (Å²) in [5, 5.41) is 6.03. The summed E-state index contributed by atoms with van der Waals surface area (Å²) in [7, 11) is 0. The summed E-state index contributed by atoms with van der Waals surface area (Å²) < 4.78 is 0. The molecule has 0 saturated heterocycles. The van der Waals surface area contributed by atoms with Crippen LogP contribution in [0.3, 0.4) is 0 Å². The molecule has 0 atom stereocenters. The maximum absolute atomic E-state index is 6.03. The molecule has 4 nitrogen and oxygen atoms in total. The van der Waals surface area contributed by atoms with Crippen molar-refractivity contribution < 1.29 is 0 Å². The van der Waals surface area contributed by atoms with Crippen molar-refractivity contribution in [2.24, 2.45) is 5.10 Å². The number of benzene rings is 2. The van der Waals surface area contributed by atoms with Crippen LogP contribution in [0.2, 0.25) is 5.02 Å². The second kappa shape index (κ2) is 8.79. The normalized spacial score (nSPS) is 11.5. The molecule has 26 heavy (non-hydrogen) atoms. The SMILES string of the molecule is CCN(CC)Cc1ccc(/C=N/Nc2ccnc3cc(Cl)ccc23)cc1. The van der Waals surface area contributed by atoms with Crippen LogP contribution in [0, 0.1) is 0 Å². The molecule has 0 saturated carbocycles. The van der Waals surface area contributed by atoms with Gasteiger partial charge in [-0.05, 0) is 48.5 Å². The highest BCUT2D eigenvalue weighted by molar-refractivity contribution is 6.31. The van der Waals surface area contributed by atoms with Crippen LogP contribution in [0.4, 0.5) is 5.69 Å². The number of nitrogens with zero attached hydrogens (tertiary/aromatic N) is 3. The van der Waals surface area contributed by atoms with Crippen molar-refractivity contribution >= 4 is 34.4 Å². The van der Waals surface area contributed by atoms with Crippen LogP contribution in [0.25, 0.3) is 10.9 Å². The van der Waals surface area contributed by atoms with Gasteiger partial charge in [-0.1, -0.05) is 49.7 Å². The van der Waals surface area contributed by atoms with E-state index < -0.39 is 0 Å². The fourth-order valence-corrected chi connectivity index (χ4v) is 2.98. The van der Waals surface area contributed by atoms with E-state index in [9.17, 15) is 0 Å². The van der Waals surface area contributed by atoms with E-state index in [-0.39, 0.29) is 0 Å². The number of hydrazone groups is 1. The highest BCUT2D eigenvalue weighted by Crippen LogP contribution is 2.24. The highest BCUT2D eigenvalue weighted by Gasteiger charge is 2.02. The second-order valence-corrected chi connectivity index (χ2v) is 6.53. The summed E-state index contributed by atoms with van der Waals surface area (Å²) >= 11 is 6.03. The van der Waals surface area contributed by atoms with Gasteiger partial charge in [0, 0.05) is 23.2 Å². The maximum Gasteiger partial charge on any atom is 0.0738 e. The fourth-order valence-electron chi connectivity index (χ4n) is 2.81. The Morgan fingerprint density at radius 1 is 1.08 bits per heavy atom. The quantitative estimate of drug-likeness (QED) is 0.463. The molecule has 0 aliphatic heterocycles. The van der Waals surface area contributed by atoms with E-state index in [1.165, 1.54) is 5.56 Å². The monoisotopic (exact) mass is 366 g/mol. The van der Waals surface area contributed by atoms with E-state index in [2.05, 4.69) is 58.5 Å². The maximum atomic E-state index is 6.03. The summed E-state index contributed by atoms with van der Waals surface area (Å²) in [5.41, 5.74) is 7.22. The number of pyridine rings is 1. The van der Waals surface area contributed by atoms with Crippen LogP contribution in [0.1, 0.15) is 25.0 Å². The topological polar surface area (TPSA) is 40.5 Å². The highest BCUT2D eigenvalue weighted by atomic mass is 35.5. The lowest BCUT2D eigenvalue weighted by Crippen LogP contribution is -2.21. The Kier molecular flexibility index (Phi) is 6.21. The van der Waals surface area contributed by atoms with Gasteiger partial charge in [0.1, 0.15) is 0 Å². The molecule has 0 aliphatic carbocycles. The Bertz CT molecular complexity index is 886. The van der Waals surface area contributed by atoms with Gasteiger partial charge in [-0.15, -0.1) is 0 Å². The standard InChI is InChI=1S/C21H23ClN4/c1-3-26(4-2)15-17-7-5-16(6-8-17)14-24-25-20-11-12-23-21-13-18(22)9-10-19(20)21/h5-14H,3-4,15H2,1-2H3,(H,23,25)/b24-14+. The van der Waals surface area contributed by atoms with Gasteiger partial charge in [-0.25, -0.2) is 0 Å². The van der Waals surface area contributed by atoms with E-state index in [1.54, 1.807) is 6.20 Å². The predicted octanol–water partition coefficient (Wildman–Crippen LogP) is 5.18. The van der Waals surface area contributed by atoms with Gasteiger partial charge in [0.05, 0.1) is 17.4 Å². The minimum atomic E-state index is 0.676. The molecule has 3 aromatic rings. The molecule has 0 amide bonds. The van der Waals surface area contributed by atoms with Crippen LogP contribution in [0.15, 0.2) is 59.8 Å². The van der Waals surface area contributed by atoms with Crippen LogP contribution in [0.5, 0.6) is 0 Å². The molecule has 5 heteroatoms. The van der Waals surface area contributed by atoms with E-state index >= 15 is 0 Å². The third kappa shape index (κ3) is 4.59. The number of hydrogen-bond acceptors (Lipinski definition) is 4. The molecule has 0 spiro atoms. The molecule has 134 valence electrons. The van der Waals surface area contributed by atoms with Gasteiger partial charge >= 0.3 is 0 Å². The predicted molar refractivity (Wildman–Crippen MR) is 111 cm³/mol. The minimum absolute atomic E-state index is 0.676. The first-order valence-electron chi connectivity index (χ1n) is 8.84. The zero-order valence-corrected chi connectivity index (χ0v) is 15.9. The van der Waals surface area contributed by atoms with E-state index in [0.29, 0.717) is 5.02 Å². The Labute approximate surface area is 159 Å². The summed E-state index contributed by atoms with van der Waals surface area (Å²) in [6.07, 6.45) is 3.57. The summed E-state index contributed by atoms with van der Waals surface area (Å²) in [4.78, 5) is 6.73. The average molecular weight is 367 g/mol. The number of aromatic nitrogens is 1. The Morgan fingerprint density at radius 2 is 1.85 bits per heavy atom. The Morgan fingerprint density at radius 3 is 2.58 bits per heavy atom. The summed E-state index contributed by atoms with van der Waals surface area (Å²) in [6, 6.07) is 16.1. The minimum Gasteiger partial charge on any atom is -0.300 e. The molecular weight excluding hydrogens is 344 g/mol. The van der Waals surface area contributed by atoms with Crippen molar-refractivity contribution in [2.75, 3.05) is 18.5 Å². The van der Waals surface area contributed by atoms with Crippen LogP contribution >= 0.6 is 11.6 Å². The van der Waals surface area contributed by atoms with Crippen molar-refractivity contribution in [1.29, 1.82) is 0 Å². The van der Waals surface area contributed by atoms with Crippen LogP contribution in [-0.4, -0.2) is 29.2 Å². The summed E-state index contributed by atoms with van der Waals surface area (Å²) in [5.74, 6) is 0. The Hall–Kier alpha value is -2.43. The van der Waals surface area contributed by atoms with Gasteiger partial charge in [0.15, 0.2) is 0 Å². The third-order valence-corrected chi connectivity index (χ3v) is 4.62. The van der Waals surface area contributed by atoms with Gasteiger partial charge in [-0.3, -0.25) is 15.3 Å². The second-order valence-electron chi connectivity index (χ2n) is 6.09. The molecular formula is C21H23ClN4. The lowest BCUT2D eigenvalue weighted by Gasteiger charge is -2.17. The largest absolute Gasteiger partial charge is 0.300 e. The molecule has 0 aliphatic rings.